The van der Waals surface area contributed by atoms with Gasteiger partial charge in [-0.2, -0.15) is 4.98 Å². The van der Waals surface area contributed by atoms with Gasteiger partial charge in [-0.25, -0.2) is 4.79 Å². The predicted octanol–water partition coefficient (Wildman–Crippen LogP) is 1.48. The lowest BCUT2D eigenvalue weighted by Crippen LogP contribution is -2.33. The van der Waals surface area contributed by atoms with E-state index in [4.69, 9.17) is 0 Å². The van der Waals surface area contributed by atoms with E-state index >= 15 is 0 Å². The number of aromatic nitrogens is 2. The van der Waals surface area contributed by atoms with E-state index in [9.17, 15) is 9.59 Å². The van der Waals surface area contributed by atoms with Crippen LogP contribution in [0.15, 0.2) is 10.9 Å². The molecule has 0 bridgehead atoms. The van der Waals surface area contributed by atoms with Crippen LogP contribution in [0.1, 0.15) is 32.2 Å². The number of rotatable bonds is 2. The first kappa shape index (κ1) is 12.6. The van der Waals surface area contributed by atoms with Crippen molar-refractivity contribution >= 4 is 5.78 Å². The molecule has 1 aromatic rings. The second-order valence-electron chi connectivity index (χ2n) is 5.08. The monoisotopic (exact) mass is 222 g/mol. The van der Waals surface area contributed by atoms with Crippen molar-refractivity contribution in [2.24, 2.45) is 5.41 Å². The Labute approximate surface area is 95.3 Å². The van der Waals surface area contributed by atoms with Crippen LogP contribution in [0.4, 0.5) is 0 Å². The Morgan fingerprint density at radius 1 is 1.38 bits per heavy atom. The molecule has 0 N–H and O–H groups in total. The molecular formula is C12H18N2O2. The van der Waals surface area contributed by atoms with Crippen molar-refractivity contribution in [3.8, 4) is 0 Å². The molecule has 1 rings (SSSR count). The maximum absolute atomic E-state index is 11.8. The van der Waals surface area contributed by atoms with Gasteiger partial charge < -0.3 is 0 Å². The zero-order chi connectivity index (χ0) is 12.5. The van der Waals surface area contributed by atoms with Crippen LogP contribution in [0.2, 0.25) is 0 Å². The minimum atomic E-state index is -0.434. The Morgan fingerprint density at radius 2 is 1.94 bits per heavy atom. The molecule has 0 fully saturated rings. The van der Waals surface area contributed by atoms with E-state index in [2.05, 4.69) is 4.98 Å². The Kier molecular flexibility index (Phi) is 3.31. The summed E-state index contributed by atoms with van der Waals surface area (Å²) in [6, 6.07) is 1.80. The number of carbonyl (C=O) groups excluding carboxylic acids is 1. The molecule has 0 unspecified atom stereocenters. The number of Topliss-reactive ketones (excluding diaryl/α,β-unsaturated/α-hetero) is 1. The van der Waals surface area contributed by atoms with Crippen LogP contribution in [0.25, 0.3) is 0 Å². The van der Waals surface area contributed by atoms with E-state index in [1.807, 2.05) is 27.7 Å². The number of aryl methyl sites for hydroxylation is 2. The van der Waals surface area contributed by atoms with Crippen LogP contribution >= 0.6 is 0 Å². The molecule has 88 valence electrons. The standard InChI is InChI=1S/C12H18N2O2/c1-8-6-9(2)14(11(16)13-8)7-10(15)12(3,4)5/h6H,7H2,1-5H3. The van der Waals surface area contributed by atoms with Gasteiger partial charge in [0.1, 0.15) is 0 Å². The Hall–Kier alpha value is -1.45. The van der Waals surface area contributed by atoms with E-state index < -0.39 is 5.41 Å². The van der Waals surface area contributed by atoms with Gasteiger partial charge >= 0.3 is 5.69 Å². The summed E-state index contributed by atoms with van der Waals surface area (Å²) < 4.78 is 1.42. The molecule has 0 aliphatic rings. The van der Waals surface area contributed by atoms with Crippen molar-refractivity contribution in [3.05, 3.63) is 27.9 Å². The zero-order valence-corrected chi connectivity index (χ0v) is 10.5. The minimum Gasteiger partial charge on any atom is -0.297 e. The summed E-state index contributed by atoms with van der Waals surface area (Å²) in [5.74, 6) is 0.0309. The first-order valence-corrected chi connectivity index (χ1v) is 5.30. The molecule has 0 amide bonds. The van der Waals surface area contributed by atoms with Crippen LogP contribution in [-0.2, 0) is 11.3 Å². The average molecular weight is 222 g/mol. The smallest absolute Gasteiger partial charge is 0.297 e. The fourth-order valence-electron chi connectivity index (χ4n) is 1.35. The number of nitrogens with zero attached hydrogens (tertiary/aromatic N) is 2. The summed E-state index contributed by atoms with van der Waals surface area (Å²) >= 11 is 0. The van der Waals surface area contributed by atoms with Crippen molar-refractivity contribution in [1.29, 1.82) is 0 Å². The summed E-state index contributed by atoms with van der Waals surface area (Å²) in [4.78, 5) is 27.3. The molecule has 4 heteroatoms. The number of ketones is 1. The highest BCUT2D eigenvalue weighted by molar-refractivity contribution is 5.83. The van der Waals surface area contributed by atoms with Crippen LogP contribution in [0.3, 0.4) is 0 Å². The topological polar surface area (TPSA) is 52.0 Å². The van der Waals surface area contributed by atoms with Gasteiger partial charge in [0.05, 0.1) is 6.54 Å². The fourth-order valence-corrected chi connectivity index (χ4v) is 1.35. The number of hydrogen-bond acceptors (Lipinski definition) is 3. The van der Waals surface area contributed by atoms with Gasteiger partial charge in [0.25, 0.3) is 0 Å². The molecule has 0 radical (unpaired) electrons. The van der Waals surface area contributed by atoms with E-state index in [1.54, 1.807) is 13.0 Å². The molecule has 0 spiro atoms. The van der Waals surface area contributed by atoms with Crippen LogP contribution in [-0.4, -0.2) is 15.3 Å². The van der Waals surface area contributed by atoms with Gasteiger partial charge in [-0.05, 0) is 19.9 Å². The van der Waals surface area contributed by atoms with Gasteiger partial charge in [0.2, 0.25) is 0 Å². The van der Waals surface area contributed by atoms with Crippen molar-refractivity contribution in [1.82, 2.24) is 9.55 Å². The zero-order valence-electron chi connectivity index (χ0n) is 10.5. The molecule has 0 aromatic carbocycles. The average Bonchev–Trinajstić information content (AvgIpc) is 2.08. The summed E-state index contributed by atoms with van der Waals surface area (Å²) in [6.07, 6.45) is 0. The highest BCUT2D eigenvalue weighted by Gasteiger charge is 2.22. The molecule has 16 heavy (non-hydrogen) atoms. The van der Waals surface area contributed by atoms with Gasteiger partial charge in [-0.3, -0.25) is 9.36 Å². The van der Waals surface area contributed by atoms with E-state index in [0.717, 1.165) is 5.69 Å². The fraction of sp³-hybridized carbons (Fsp3) is 0.583. The third kappa shape index (κ3) is 2.78. The van der Waals surface area contributed by atoms with Crippen molar-refractivity contribution in [2.45, 2.75) is 41.2 Å². The van der Waals surface area contributed by atoms with Crippen molar-refractivity contribution < 1.29 is 4.79 Å². The van der Waals surface area contributed by atoms with Gasteiger partial charge in [-0.1, -0.05) is 20.8 Å². The quantitative estimate of drug-likeness (QED) is 0.761. The highest BCUT2D eigenvalue weighted by Crippen LogP contribution is 2.15. The first-order valence-electron chi connectivity index (χ1n) is 5.30. The Bertz CT molecular complexity index is 467. The van der Waals surface area contributed by atoms with E-state index in [0.29, 0.717) is 5.69 Å². The van der Waals surface area contributed by atoms with E-state index in [1.165, 1.54) is 4.57 Å². The maximum Gasteiger partial charge on any atom is 0.348 e. The molecule has 0 saturated carbocycles. The lowest BCUT2D eigenvalue weighted by molar-refractivity contribution is -0.127. The summed E-state index contributed by atoms with van der Waals surface area (Å²) in [6.45, 7) is 9.21. The third-order valence-electron chi connectivity index (χ3n) is 2.48. The molecule has 0 aliphatic heterocycles. The lowest BCUT2D eigenvalue weighted by atomic mass is 9.91. The van der Waals surface area contributed by atoms with Crippen LogP contribution in [0.5, 0.6) is 0 Å². The molecular weight excluding hydrogens is 204 g/mol. The SMILES string of the molecule is Cc1cc(C)n(CC(=O)C(C)(C)C)c(=O)n1. The first-order chi connectivity index (χ1) is 7.21. The lowest BCUT2D eigenvalue weighted by Gasteiger charge is -2.18. The summed E-state index contributed by atoms with van der Waals surface area (Å²) in [7, 11) is 0. The second-order valence-corrected chi connectivity index (χ2v) is 5.08. The second kappa shape index (κ2) is 4.20. The van der Waals surface area contributed by atoms with Gasteiger partial charge in [-0.15, -0.1) is 0 Å². The number of carbonyl (C=O) groups is 1. The normalized spacial score (nSPS) is 11.6. The molecule has 0 aliphatic carbocycles. The van der Waals surface area contributed by atoms with Crippen LogP contribution in [0, 0.1) is 19.3 Å². The highest BCUT2D eigenvalue weighted by atomic mass is 16.2. The summed E-state index contributed by atoms with van der Waals surface area (Å²) in [5.41, 5.74) is 0.670. The van der Waals surface area contributed by atoms with Gasteiger partial charge in [0.15, 0.2) is 5.78 Å². The van der Waals surface area contributed by atoms with Gasteiger partial charge in [0, 0.05) is 16.8 Å². The molecule has 4 nitrogen and oxygen atoms in total. The Balaban J connectivity index is 3.08. The molecule has 0 saturated heterocycles. The Morgan fingerprint density at radius 3 is 2.38 bits per heavy atom. The van der Waals surface area contributed by atoms with Crippen molar-refractivity contribution in [3.63, 3.8) is 0 Å². The van der Waals surface area contributed by atoms with E-state index in [-0.39, 0.29) is 18.0 Å². The number of hydrogen-bond donors (Lipinski definition) is 0. The largest absolute Gasteiger partial charge is 0.348 e. The summed E-state index contributed by atoms with van der Waals surface area (Å²) in [5, 5.41) is 0. The van der Waals surface area contributed by atoms with Crippen LogP contribution < -0.4 is 5.69 Å². The predicted molar refractivity (Wildman–Crippen MR) is 62.4 cm³/mol. The molecule has 0 atom stereocenters. The van der Waals surface area contributed by atoms with Crippen molar-refractivity contribution in [2.75, 3.05) is 0 Å². The third-order valence-corrected chi connectivity index (χ3v) is 2.48. The molecule has 1 aromatic heterocycles. The maximum atomic E-state index is 11.8. The molecule has 1 heterocycles. The minimum absolute atomic E-state index is 0.0309.